The lowest BCUT2D eigenvalue weighted by molar-refractivity contribution is -0.384. The number of H-pyrrole nitrogens is 1. The fourth-order valence-corrected chi connectivity index (χ4v) is 2.39. The Kier molecular flexibility index (Phi) is 4.98. The Hall–Kier alpha value is -3.16. The molecule has 0 saturated carbocycles. The van der Waals surface area contributed by atoms with Crippen molar-refractivity contribution in [3.63, 3.8) is 0 Å². The molecule has 1 aromatic heterocycles. The van der Waals surface area contributed by atoms with Gasteiger partial charge in [-0.3, -0.25) is 14.9 Å². The zero-order chi connectivity index (χ0) is 17.9. The lowest BCUT2D eigenvalue weighted by atomic mass is 10.1. The second kappa shape index (κ2) is 6.95. The van der Waals surface area contributed by atoms with E-state index in [4.69, 9.17) is 4.74 Å². The number of hydrogen-bond acceptors (Lipinski definition) is 5. The Bertz CT molecular complexity index is 810. The summed E-state index contributed by atoms with van der Waals surface area (Å²) in [5.41, 5.74) is 1.69. The Labute approximate surface area is 138 Å². The highest BCUT2D eigenvalue weighted by Crippen LogP contribution is 2.22. The minimum absolute atomic E-state index is 0.123. The third-order valence-electron chi connectivity index (χ3n) is 3.46. The number of ether oxygens (including phenoxy) is 1. The van der Waals surface area contributed by atoms with E-state index in [-0.39, 0.29) is 18.0 Å². The lowest BCUT2D eigenvalue weighted by Crippen LogP contribution is -2.14. The fraction of sp³-hybridized carbons (Fsp3) is 0.250. The molecule has 2 aromatic rings. The smallest absolute Gasteiger partial charge is 0.355 e. The number of carbonyl (C=O) groups excluding carboxylic acids is 2. The highest BCUT2D eigenvalue weighted by molar-refractivity contribution is 6.08. The maximum absolute atomic E-state index is 12.5. The predicted molar refractivity (Wildman–Crippen MR) is 87.3 cm³/mol. The van der Waals surface area contributed by atoms with Crippen LogP contribution in [-0.2, 0) is 4.74 Å². The maximum Gasteiger partial charge on any atom is 0.355 e. The van der Waals surface area contributed by atoms with Crippen molar-refractivity contribution >= 4 is 23.3 Å². The van der Waals surface area contributed by atoms with Gasteiger partial charge in [0.1, 0.15) is 5.69 Å². The number of hydrogen-bond donors (Lipinski definition) is 2. The molecule has 1 aromatic carbocycles. The number of benzene rings is 1. The Morgan fingerprint density at radius 2 is 2.04 bits per heavy atom. The van der Waals surface area contributed by atoms with Crippen LogP contribution < -0.4 is 5.32 Å². The average Bonchev–Trinajstić information content (AvgIpc) is 2.82. The van der Waals surface area contributed by atoms with Crippen LogP contribution in [0.1, 0.15) is 39.0 Å². The maximum atomic E-state index is 12.5. The molecule has 0 bridgehead atoms. The van der Waals surface area contributed by atoms with E-state index in [1.165, 1.54) is 18.2 Å². The molecule has 0 fully saturated rings. The first-order valence-corrected chi connectivity index (χ1v) is 7.27. The number of esters is 1. The van der Waals surface area contributed by atoms with Gasteiger partial charge in [-0.25, -0.2) is 4.79 Å². The topological polar surface area (TPSA) is 114 Å². The molecule has 0 unspecified atom stereocenters. The molecule has 0 aliphatic carbocycles. The van der Waals surface area contributed by atoms with Crippen LogP contribution in [0.2, 0.25) is 0 Å². The number of nitrogens with one attached hydrogen (secondary N) is 2. The first-order chi connectivity index (χ1) is 11.3. The van der Waals surface area contributed by atoms with E-state index in [2.05, 4.69) is 10.3 Å². The van der Waals surface area contributed by atoms with Crippen molar-refractivity contribution < 1.29 is 19.2 Å². The van der Waals surface area contributed by atoms with E-state index in [9.17, 15) is 19.7 Å². The van der Waals surface area contributed by atoms with E-state index < -0.39 is 16.8 Å². The van der Waals surface area contributed by atoms with Gasteiger partial charge in [-0.05, 0) is 32.4 Å². The molecular formula is C16H17N3O5. The van der Waals surface area contributed by atoms with Crippen molar-refractivity contribution in [3.05, 3.63) is 56.9 Å². The monoisotopic (exact) mass is 331 g/mol. The Balaban J connectivity index is 2.29. The van der Waals surface area contributed by atoms with Gasteiger partial charge in [-0.2, -0.15) is 0 Å². The molecule has 1 heterocycles. The summed E-state index contributed by atoms with van der Waals surface area (Å²) in [6.45, 7) is 5.22. The first kappa shape index (κ1) is 17.2. The lowest BCUT2D eigenvalue weighted by Gasteiger charge is -2.06. The van der Waals surface area contributed by atoms with Crippen molar-refractivity contribution in [3.8, 4) is 0 Å². The molecule has 2 rings (SSSR count). The summed E-state index contributed by atoms with van der Waals surface area (Å²) in [5.74, 6) is -0.996. The zero-order valence-electron chi connectivity index (χ0n) is 13.5. The van der Waals surface area contributed by atoms with Gasteiger partial charge >= 0.3 is 5.97 Å². The number of aromatic nitrogens is 1. The third kappa shape index (κ3) is 3.43. The highest BCUT2D eigenvalue weighted by atomic mass is 16.6. The second-order valence-corrected chi connectivity index (χ2v) is 5.11. The van der Waals surface area contributed by atoms with Crippen molar-refractivity contribution in [2.75, 3.05) is 11.9 Å². The summed E-state index contributed by atoms with van der Waals surface area (Å²) in [4.78, 5) is 37.5. The molecule has 126 valence electrons. The van der Waals surface area contributed by atoms with E-state index in [1.807, 2.05) is 0 Å². The van der Waals surface area contributed by atoms with E-state index in [0.29, 0.717) is 22.5 Å². The highest BCUT2D eigenvalue weighted by Gasteiger charge is 2.23. The van der Waals surface area contributed by atoms with Gasteiger partial charge < -0.3 is 15.0 Å². The number of nitro groups is 1. The summed E-state index contributed by atoms with van der Waals surface area (Å²) >= 11 is 0. The molecule has 0 aliphatic rings. The van der Waals surface area contributed by atoms with Gasteiger partial charge in [0.2, 0.25) is 0 Å². The second-order valence-electron chi connectivity index (χ2n) is 5.11. The van der Waals surface area contributed by atoms with Crippen LogP contribution in [0.4, 0.5) is 11.4 Å². The van der Waals surface area contributed by atoms with Gasteiger partial charge in [-0.15, -0.1) is 0 Å². The first-order valence-electron chi connectivity index (χ1n) is 7.27. The molecule has 0 atom stereocenters. The summed E-state index contributed by atoms with van der Waals surface area (Å²) < 4.78 is 4.94. The number of anilines is 1. The van der Waals surface area contributed by atoms with E-state index >= 15 is 0 Å². The van der Waals surface area contributed by atoms with Crippen LogP contribution in [0.15, 0.2) is 24.3 Å². The summed E-state index contributed by atoms with van der Waals surface area (Å²) in [6.07, 6.45) is 0. The molecular weight excluding hydrogens is 314 g/mol. The minimum atomic E-state index is -0.540. The van der Waals surface area contributed by atoms with Crippen molar-refractivity contribution in [1.82, 2.24) is 4.98 Å². The van der Waals surface area contributed by atoms with Crippen LogP contribution in [-0.4, -0.2) is 28.4 Å². The molecule has 0 spiro atoms. The summed E-state index contributed by atoms with van der Waals surface area (Å²) in [7, 11) is 0. The molecule has 1 amide bonds. The summed E-state index contributed by atoms with van der Waals surface area (Å²) in [5, 5.41) is 13.4. The molecule has 2 N–H and O–H groups in total. The number of rotatable bonds is 5. The number of nitro benzene ring substituents is 1. The fourth-order valence-electron chi connectivity index (χ4n) is 2.39. The van der Waals surface area contributed by atoms with Crippen LogP contribution in [0.3, 0.4) is 0 Å². The number of aromatic amines is 1. The predicted octanol–water partition coefficient (Wildman–Crippen LogP) is 2.97. The molecule has 24 heavy (non-hydrogen) atoms. The largest absolute Gasteiger partial charge is 0.461 e. The van der Waals surface area contributed by atoms with Crippen molar-refractivity contribution in [2.24, 2.45) is 0 Å². The van der Waals surface area contributed by atoms with Crippen LogP contribution >= 0.6 is 0 Å². The van der Waals surface area contributed by atoms with Gasteiger partial charge in [0.25, 0.3) is 11.6 Å². The SMILES string of the molecule is CCOC(=O)c1[nH]c(C)c(C(=O)Nc2cccc([N+](=O)[O-])c2)c1C. The van der Waals surface area contributed by atoms with Crippen molar-refractivity contribution in [2.45, 2.75) is 20.8 Å². The standard InChI is InChI=1S/C16H17N3O5/c1-4-24-16(21)14-9(2)13(10(3)17-14)15(20)18-11-6-5-7-12(8-11)19(22)23/h5-8,17H,4H2,1-3H3,(H,18,20). The van der Waals surface area contributed by atoms with Gasteiger partial charge in [0.15, 0.2) is 0 Å². The average molecular weight is 331 g/mol. The number of non-ortho nitro benzene ring substituents is 1. The molecule has 0 radical (unpaired) electrons. The number of nitrogens with zero attached hydrogens (tertiary/aromatic N) is 1. The number of amides is 1. The van der Waals surface area contributed by atoms with E-state index in [1.54, 1.807) is 26.8 Å². The third-order valence-corrected chi connectivity index (χ3v) is 3.46. The van der Waals surface area contributed by atoms with Crippen LogP contribution in [0.25, 0.3) is 0 Å². The van der Waals surface area contributed by atoms with Crippen molar-refractivity contribution in [1.29, 1.82) is 0 Å². The number of carbonyl (C=O) groups is 2. The molecule has 8 nitrogen and oxygen atoms in total. The zero-order valence-corrected chi connectivity index (χ0v) is 13.5. The Morgan fingerprint density at radius 1 is 1.33 bits per heavy atom. The Morgan fingerprint density at radius 3 is 2.67 bits per heavy atom. The van der Waals surface area contributed by atoms with Gasteiger partial charge in [0.05, 0.1) is 17.1 Å². The summed E-state index contributed by atoms with van der Waals surface area (Å²) in [6, 6.07) is 5.63. The number of aryl methyl sites for hydroxylation is 1. The van der Waals surface area contributed by atoms with Crippen LogP contribution in [0.5, 0.6) is 0 Å². The normalized spacial score (nSPS) is 10.3. The molecule has 0 aliphatic heterocycles. The minimum Gasteiger partial charge on any atom is -0.461 e. The quantitative estimate of drug-likeness (QED) is 0.496. The van der Waals surface area contributed by atoms with E-state index in [0.717, 1.165) is 0 Å². The molecule has 0 saturated heterocycles. The van der Waals surface area contributed by atoms with Crippen LogP contribution in [0, 0.1) is 24.0 Å². The van der Waals surface area contributed by atoms with Gasteiger partial charge in [-0.1, -0.05) is 6.07 Å². The van der Waals surface area contributed by atoms with Gasteiger partial charge in [0, 0.05) is 23.5 Å². The molecule has 8 heteroatoms.